The summed E-state index contributed by atoms with van der Waals surface area (Å²) in [5.74, 6) is -0.828. The highest BCUT2D eigenvalue weighted by atomic mass is 16.7. The fourth-order valence-electron chi connectivity index (χ4n) is 6.50. The van der Waals surface area contributed by atoms with Crippen molar-refractivity contribution in [3.63, 3.8) is 0 Å². The molecule has 10 heteroatoms. The van der Waals surface area contributed by atoms with Gasteiger partial charge in [0.2, 0.25) is 0 Å². The molecule has 0 saturated carbocycles. The van der Waals surface area contributed by atoms with Crippen LogP contribution < -0.4 is 0 Å². The van der Waals surface area contributed by atoms with Crippen molar-refractivity contribution < 1.29 is 49.0 Å². The molecule has 4 N–H and O–H groups in total. The monoisotopic (exact) mass is 781 g/mol. The number of allylic oxidation sites excluding steroid dienone is 3. The first-order valence-corrected chi connectivity index (χ1v) is 22.2. The predicted octanol–water partition coefficient (Wildman–Crippen LogP) is 9.10. The fourth-order valence-corrected chi connectivity index (χ4v) is 6.50. The zero-order valence-corrected chi connectivity index (χ0v) is 34.7. The van der Waals surface area contributed by atoms with Crippen LogP contribution in [-0.4, -0.2) is 89.0 Å². The molecule has 0 aliphatic carbocycles. The Bertz CT molecular complexity index is 1010. The van der Waals surface area contributed by atoms with Crippen molar-refractivity contribution in [2.24, 2.45) is 0 Å². The van der Waals surface area contributed by atoms with Crippen LogP contribution in [0.3, 0.4) is 0 Å². The van der Waals surface area contributed by atoms with E-state index in [0.717, 1.165) is 64.2 Å². The van der Waals surface area contributed by atoms with Crippen molar-refractivity contribution in [1.82, 2.24) is 0 Å². The summed E-state index contributed by atoms with van der Waals surface area (Å²) in [6.07, 6.45) is 29.6. The Morgan fingerprint density at radius 3 is 1.65 bits per heavy atom. The van der Waals surface area contributed by atoms with E-state index in [1.54, 1.807) is 0 Å². The molecule has 55 heavy (non-hydrogen) atoms. The lowest BCUT2D eigenvalue weighted by atomic mass is 9.99. The standard InChI is InChI=1S/C45H80O10/c1-3-5-7-9-11-13-15-17-19-21-23-25-27-29-31-33-40(47)52-36-38(37-53-45-44(51)43(50)42(49)39(35-46)55-45)54-41(48)34-32-30-28-26-24-22-20-18-16-14-12-10-8-6-4-2/h9,11,16,20,38-39,42-46,49-51H,3-8,10,12-15,17,19,21-37H2,1-2H3/b11-9+/t18?,38-,39-,42+,43?,44?,45-/m0/s1. The lowest BCUT2D eigenvalue weighted by Crippen LogP contribution is -2.59. The highest BCUT2D eigenvalue weighted by Gasteiger charge is 2.44. The number of hydrogen-bond acceptors (Lipinski definition) is 10. The zero-order chi connectivity index (χ0) is 40.2. The van der Waals surface area contributed by atoms with Gasteiger partial charge in [0.1, 0.15) is 31.0 Å². The number of aliphatic hydroxyl groups excluding tert-OH is 4. The number of ether oxygens (including phenoxy) is 4. The van der Waals surface area contributed by atoms with Crippen LogP contribution in [0.4, 0.5) is 0 Å². The van der Waals surface area contributed by atoms with Crippen LogP contribution in [0.25, 0.3) is 0 Å². The molecule has 0 radical (unpaired) electrons. The third kappa shape index (κ3) is 28.1. The van der Waals surface area contributed by atoms with Crippen LogP contribution in [0.15, 0.2) is 30.0 Å². The Kier molecular flexibility index (Phi) is 33.7. The van der Waals surface area contributed by atoms with Gasteiger partial charge in [-0.15, -0.1) is 5.73 Å². The van der Waals surface area contributed by atoms with Gasteiger partial charge in [0.25, 0.3) is 0 Å². The van der Waals surface area contributed by atoms with Gasteiger partial charge in [0, 0.05) is 12.8 Å². The maximum Gasteiger partial charge on any atom is 0.306 e. The minimum absolute atomic E-state index is 0.210. The van der Waals surface area contributed by atoms with Crippen molar-refractivity contribution in [2.75, 3.05) is 19.8 Å². The molecule has 1 rings (SSSR count). The Morgan fingerprint density at radius 2 is 1.09 bits per heavy atom. The molecule has 10 nitrogen and oxygen atoms in total. The summed E-state index contributed by atoms with van der Waals surface area (Å²) in [4.78, 5) is 25.3. The first-order valence-electron chi connectivity index (χ1n) is 22.2. The molecular weight excluding hydrogens is 700 g/mol. The SMILES string of the molecule is CCCC/C=C/CCCCCCCCCCCC(=O)OC[C@@H](CO[C@H]1O[C@@H](CO)[C@@H](O)C(O)C1O)OC(=O)CCCCCCCC=C=CCCCCCCC. The quantitative estimate of drug-likeness (QED) is 0.0210. The Labute approximate surface area is 334 Å². The van der Waals surface area contributed by atoms with Gasteiger partial charge in [0.15, 0.2) is 12.4 Å². The van der Waals surface area contributed by atoms with E-state index in [1.807, 2.05) is 0 Å². The second-order valence-electron chi connectivity index (χ2n) is 15.2. The van der Waals surface area contributed by atoms with Gasteiger partial charge in [-0.05, 0) is 69.9 Å². The predicted molar refractivity (Wildman–Crippen MR) is 218 cm³/mol. The minimum Gasteiger partial charge on any atom is -0.462 e. The van der Waals surface area contributed by atoms with Crippen LogP contribution in [0.1, 0.15) is 187 Å². The number of carbonyl (C=O) groups is 2. The second-order valence-corrected chi connectivity index (χ2v) is 15.2. The summed E-state index contributed by atoms with van der Waals surface area (Å²) in [5, 5.41) is 40.0. The molecule has 0 aromatic rings. The first kappa shape index (κ1) is 51.0. The lowest BCUT2D eigenvalue weighted by molar-refractivity contribution is -0.305. The van der Waals surface area contributed by atoms with Crippen LogP contribution in [0, 0.1) is 0 Å². The highest BCUT2D eigenvalue weighted by Crippen LogP contribution is 2.22. The highest BCUT2D eigenvalue weighted by molar-refractivity contribution is 5.70. The molecule has 320 valence electrons. The Hall–Kier alpha value is -2.04. The van der Waals surface area contributed by atoms with Crippen molar-refractivity contribution in [2.45, 2.75) is 224 Å². The fraction of sp³-hybridized carbons (Fsp3) is 0.844. The zero-order valence-electron chi connectivity index (χ0n) is 34.7. The summed E-state index contributed by atoms with van der Waals surface area (Å²) < 4.78 is 22.1. The smallest absolute Gasteiger partial charge is 0.306 e. The number of unbranched alkanes of at least 4 members (excludes halogenated alkanes) is 21. The molecule has 1 fully saturated rings. The van der Waals surface area contributed by atoms with Crippen molar-refractivity contribution in [3.05, 3.63) is 30.0 Å². The third-order valence-electron chi connectivity index (χ3n) is 10.1. The van der Waals surface area contributed by atoms with Gasteiger partial charge in [0.05, 0.1) is 13.2 Å². The van der Waals surface area contributed by atoms with E-state index in [1.165, 1.54) is 89.9 Å². The van der Waals surface area contributed by atoms with E-state index in [2.05, 4.69) is 43.9 Å². The molecule has 0 amide bonds. The van der Waals surface area contributed by atoms with Gasteiger partial charge in [-0.3, -0.25) is 9.59 Å². The van der Waals surface area contributed by atoms with E-state index in [4.69, 9.17) is 18.9 Å². The first-order chi connectivity index (χ1) is 26.8. The van der Waals surface area contributed by atoms with Crippen LogP contribution in [0.2, 0.25) is 0 Å². The molecule has 1 aliphatic heterocycles. The molecule has 0 bridgehead atoms. The summed E-state index contributed by atoms with van der Waals surface area (Å²) >= 11 is 0. The number of carbonyl (C=O) groups excluding carboxylic acids is 2. The van der Waals surface area contributed by atoms with Crippen molar-refractivity contribution >= 4 is 11.9 Å². The molecule has 0 spiro atoms. The largest absolute Gasteiger partial charge is 0.462 e. The Balaban J connectivity index is 2.35. The molecule has 2 unspecified atom stereocenters. The third-order valence-corrected chi connectivity index (χ3v) is 10.1. The lowest BCUT2D eigenvalue weighted by Gasteiger charge is -2.39. The number of rotatable bonds is 36. The van der Waals surface area contributed by atoms with Gasteiger partial charge < -0.3 is 39.4 Å². The maximum atomic E-state index is 12.7. The number of hydrogen-bond donors (Lipinski definition) is 4. The molecular formula is C45H80O10. The topological polar surface area (TPSA) is 152 Å². The number of aliphatic hydroxyl groups is 4. The van der Waals surface area contributed by atoms with E-state index in [9.17, 15) is 30.0 Å². The van der Waals surface area contributed by atoms with Gasteiger partial charge in [-0.2, -0.15) is 0 Å². The molecule has 1 saturated heterocycles. The number of esters is 2. The normalized spacial score (nSPS) is 20.3. The van der Waals surface area contributed by atoms with Gasteiger partial charge in [-0.1, -0.05) is 129 Å². The second kappa shape index (κ2) is 36.3. The maximum absolute atomic E-state index is 12.7. The van der Waals surface area contributed by atoms with Crippen molar-refractivity contribution in [1.29, 1.82) is 0 Å². The molecule has 1 aliphatic rings. The summed E-state index contributed by atoms with van der Waals surface area (Å²) in [7, 11) is 0. The summed E-state index contributed by atoms with van der Waals surface area (Å²) in [6.45, 7) is 3.35. The van der Waals surface area contributed by atoms with Gasteiger partial charge >= 0.3 is 11.9 Å². The Morgan fingerprint density at radius 1 is 0.600 bits per heavy atom. The van der Waals surface area contributed by atoms with E-state index >= 15 is 0 Å². The van der Waals surface area contributed by atoms with Crippen molar-refractivity contribution in [3.8, 4) is 0 Å². The summed E-state index contributed by atoms with van der Waals surface area (Å²) in [5.41, 5.74) is 3.29. The molecule has 6 atom stereocenters. The van der Waals surface area contributed by atoms with E-state index < -0.39 is 49.4 Å². The van der Waals surface area contributed by atoms with E-state index in [0.29, 0.717) is 6.42 Å². The summed E-state index contributed by atoms with van der Waals surface area (Å²) in [6, 6.07) is 0. The van der Waals surface area contributed by atoms with Crippen LogP contribution in [0.5, 0.6) is 0 Å². The average molecular weight is 781 g/mol. The molecule has 0 aromatic heterocycles. The average Bonchev–Trinajstić information content (AvgIpc) is 3.18. The van der Waals surface area contributed by atoms with E-state index in [-0.39, 0.29) is 32.0 Å². The van der Waals surface area contributed by atoms with Gasteiger partial charge in [-0.25, -0.2) is 0 Å². The molecule has 0 aromatic carbocycles. The van der Waals surface area contributed by atoms with Crippen LogP contribution >= 0.6 is 0 Å². The van der Waals surface area contributed by atoms with Crippen LogP contribution in [-0.2, 0) is 28.5 Å². The molecule has 1 heterocycles. The minimum atomic E-state index is -1.60.